The standard InChI is InChI=1S/C12H17N7O/c1-17(12(20)8-18-6-4-9(13)16-18)7-11-15-14-10-3-2-5-19(10)11/h4,6H,2-3,5,7-8H2,1H3,(H2,13,16). The van der Waals surface area contributed by atoms with Crippen LogP contribution in [0.1, 0.15) is 18.1 Å². The van der Waals surface area contributed by atoms with Crippen LogP contribution in [0.4, 0.5) is 5.82 Å². The fourth-order valence-electron chi connectivity index (χ4n) is 2.35. The van der Waals surface area contributed by atoms with Crippen LogP contribution < -0.4 is 5.73 Å². The highest BCUT2D eigenvalue weighted by Gasteiger charge is 2.20. The van der Waals surface area contributed by atoms with Crippen LogP contribution in [-0.4, -0.2) is 42.4 Å². The van der Waals surface area contributed by atoms with Crippen LogP contribution in [0.15, 0.2) is 12.3 Å². The number of hydrogen-bond donors (Lipinski definition) is 1. The molecule has 0 spiro atoms. The summed E-state index contributed by atoms with van der Waals surface area (Å²) in [6.45, 7) is 1.58. The van der Waals surface area contributed by atoms with E-state index in [1.807, 2.05) is 0 Å². The number of nitrogens with two attached hydrogens (primary N) is 1. The zero-order valence-electron chi connectivity index (χ0n) is 11.4. The van der Waals surface area contributed by atoms with E-state index in [9.17, 15) is 4.79 Å². The minimum absolute atomic E-state index is 0.0385. The van der Waals surface area contributed by atoms with Crippen molar-refractivity contribution in [3.63, 3.8) is 0 Å². The second-order valence-electron chi connectivity index (χ2n) is 4.98. The molecular weight excluding hydrogens is 258 g/mol. The number of hydrogen-bond acceptors (Lipinski definition) is 5. The van der Waals surface area contributed by atoms with E-state index in [4.69, 9.17) is 5.73 Å². The molecule has 0 aromatic carbocycles. The quantitative estimate of drug-likeness (QED) is 0.823. The van der Waals surface area contributed by atoms with Crippen LogP contribution in [0.25, 0.3) is 0 Å². The smallest absolute Gasteiger partial charge is 0.244 e. The molecule has 2 N–H and O–H groups in total. The molecule has 1 aliphatic rings. The molecule has 3 heterocycles. The molecule has 0 saturated carbocycles. The molecule has 0 atom stereocenters. The van der Waals surface area contributed by atoms with Crippen molar-refractivity contribution >= 4 is 11.7 Å². The summed E-state index contributed by atoms with van der Waals surface area (Å²) in [7, 11) is 1.76. The van der Waals surface area contributed by atoms with Crippen molar-refractivity contribution in [1.29, 1.82) is 0 Å². The highest BCUT2D eigenvalue weighted by atomic mass is 16.2. The third-order valence-electron chi connectivity index (χ3n) is 3.45. The number of fused-ring (bicyclic) bond motifs is 1. The second kappa shape index (κ2) is 4.95. The van der Waals surface area contributed by atoms with Gasteiger partial charge in [-0.05, 0) is 12.5 Å². The van der Waals surface area contributed by atoms with Crippen molar-refractivity contribution in [3.8, 4) is 0 Å². The normalized spacial score (nSPS) is 13.4. The van der Waals surface area contributed by atoms with Gasteiger partial charge in [0.25, 0.3) is 0 Å². The fourth-order valence-corrected chi connectivity index (χ4v) is 2.35. The number of nitrogen functional groups attached to an aromatic ring is 1. The van der Waals surface area contributed by atoms with Crippen molar-refractivity contribution < 1.29 is 4.79 Å². The summed E-state index contributed by atoms with van der Waals surface area (Å²) in [5.41, 5.74) is 5.52. The topological polar surface area (TPSA) is 94.9 Å². The number of aryl methyl sites for hydroxylation is 1. The van der Waals surface area contributed by atoms with E-state index in [2.05, 4.69) is 19.9 Å². The van der Waals surface area contributed by atoms with Crippen molar-refractivity contribution in [3.05, 3.63) is 23.9 Å². The van der Waals surface area contributed by atoms with Gasteiger partial charge in [-0.2, -0.15) is 5.10 Å². The Morgan fingerprint density at radius 3 is 3.10 bits per heavy atom. The van der Waals surface area contributed by atoms with Crippen LogP contribution in [0.5, 0.6) is 0 Å². The molecule has 20 heavy (non-hydrogen) atoms. The van der Waals surface area contributed by atoms with Crippen LogP contribution >= 0.6 is 0 Å². The van der Waals surface area contributed by atoms with E-state index in [0.717, 1.165) is 31.0 Å². The summed E-state index contributed by atoms with van der Waals surface area (Å²) in [4.78, 5) is 13.7. The summed E-state index contributed by atoms with van der Waals surface area (Å²) in [5.74, 6) is 2.23. The molecule has 2 aromatic heterocycles. The number of aromatic nitrogens is 5. The molecular formula is C12H17N7O. The Hall–Kier alpha value is -2.38. The fraction of sp³-hybridized carbons (Fsp3) is 0.500. The zero-order valence-corrected chi connectivity index (χ0v) is 11.4. The maximum absolute atomic E-state index is 12.1. The van der Waals surface area contributed by atoms with Gasteiger partial charge in [-0.1, -0.05) is 0 Å². The Bertz CT molecular complexity index is 630. The van der Waals surface area contributed by atoms with Crippen LogP contribution in [0.2, 0.25) is 0 Å². The van der Waals surface area contributed by atoms with Gasteiger partial charge < -0.3 is 15.2 Å². The molecule has 8 heteroatoms. The molecule has 0 unspecified atom stereocenters. The lowest BCUT2D eigenvalue weighted by Gasteiger charge is -2.16. The molecule has 1 amide bonds. The number of rotatable bonds is 4. The number of nitrogens with zero attached hydrogens (tertiary/aromatic N) is 6. The van der Waals surface area contributed by atoms with Crippen molar-refractivity contribution in [2.45, 2.75) is 32.5 Å². The van der Waals surface area contributed by atoms with Crippen LogP contribution in [0.3, 0.4) is 0 Å². The number of anilines is 1. The zero-order chi connectivity index (χ0) is 14.1. The first-order valence-corrected chi connectivity index (χ1v) is 6.57. The Kier molecular flexibility index (Phi) is 3.13. The van der Waals surface area contributed by atoms with E-state index in [-0.39, 0.29) is 12.5 Å². The van der Waals surface area contributed by atoms with Crippen LogP contribution in [-0.2, 0) is 30.8 Å². The highest BCUT2D eigenvalue weighted by Crippen LogP contribution is 2.15. The Labute approximate surface area is 116 Å². The molecule has 2 aromatic rings. The number of likely N-dealkylation sites (N-methyl/N-ethyl adjacent to an activating group) is 1. The lowest BCUT2D eigenvalue weighted by Crippen LogP contribution is -2.31. The average Bonchev–Trinajstić information content (AvgIpc) is 3.08. The van der Waals surface area contributed by atoms with Crippen molar-refractivity contribution in [1.82, 2.24) is 29.4 Å². The van der Waals surface area contributed by atoms with Gasteiger partial charge in [0.2, 0.25) is 5.91 Å². The van der Waals surface area contributed by atoms with Gasteiger partial charge >= 0.3 is 0 Å². The third-order valence-corrected chi connectivity index (χ3v) is 3.45. The van der Waals surface area contributed by atoms with Gasteiger partial charge in [-0.3, -0.25) is 9.48 Å². The van der Waals surface area contributed by atoms with E-state index in [1.165, 1.54) is 4.68 Å². The molecule has 0 saturated heterocycles. The Balaban J connectivity index is 1.63. The summed E-state index contributed by atoms with van der Waals surface area (Å²) in [6.07, 6.45) is 3.76. The summed E-state index contributed by atoms with van der Waals surface area (Å²) < 4.78 is 3.62. The van der Waals surface area contributed by atoms with Crippen molar-refractivity contribution in [2.75, 3.05) is 12.8 Å². The van der Waals surface area contributed by atoms with E-state index in [1.54, 1.807) is 24.2 Å². The molecule has 0 aliphatic carbocycles. The predicted octanol–water partition coefficient (Wildman–Crippen LogP) is -0.338. The first-order chi connectivity index (χ1) is 9.63. The molecule has 1 aliphatic heterocycles. The third kappa shape index (κ3) is 2.36. The molecule has 8 nitrogen and oxygen atoms in total. The number of amides is 1. The maximum Gasteiger partial charge on any atom is 0.244 e. The summed E-state index contributed by atoms with van der Waals surface area (Å²) >= 11 is 0. The second-order valence-corrected chi connectivity index (χ2v) is 4.98. The lowest BCUT2D eigenvalue weighted by molar-refractivity contribution is -0.131. The lowest BCUT2D eigenvalue weighted by atomic mass is 10.4. The summed E-state index contributed by atoms with van der Waals surface area (Å²) in [6, 6.07) is 1.67. The molecule has 0 fully saturated rings. The monoisotopic (exact) mass is 275 g/mol. The SMILES string of the molecule is CN(Cc1nnc2n1CCC2)C(=O)Cn1ccc(N)n1. The Morgan fingerprint density at radius 2 is 2.35 bits per heavy atom. The highest BCUT2D eigenvalue weighted by molar-refractivity contribution is 5.75. The van der Waals surface area contributed by atoms with Gasteiger partial charge in [0, 0.05) is 26.2 Å². The minimum Gasteiger partial charge on any atom is -0.382 e. The van der Waals surface area contributed by atoms with Crippen molar-refractivity contribution in [2.24, 2.45) is 0 Å². The average molecular weight is 275 g/mol. The molecule has 106 valence electrons. The predicted molar refractivity (Wildman–Crippen MR) is 71.5 cm³/mol. The largest absolute Gasteiger partial charge is 0.382 e. The molecule has 3 rings (SSSR count). The number of carbonyl (C=O) groups excluding carboxylic acids is 1. The maximum atomic E-state index is 12.1. The molecule has 0 radical (unpaired) electrons. The Morgan fingerprint density at radius 1 is 1.50 bits per heavy atom. The van der Waals surface area contributed by atoms with E-state index >= 15 is 0 Å². The van der Waals surface area contributed by atoms with E-state index < -0.39 is 0 Å². The summed E-state index contributed by atoms with van der Waals surface area (Å²) in [5, 5.41) is 12.3. The number of carbonyl (C=O) groups is 1. The first kappa shape index (κ1) is 12.6. The first-order valence-electron chi connectivity index (χ1n) is 6.57. The van der Waals surface area contributed by atoms with Gasteiger partial charge in [0.15, 0.2) is 5.82 Å². The van der Waals surface area contributed by atoms with Gasteiger partial charge in [-0.25, -0.2) is 0 Å². The van der Waals surface area contributed by atoms with Gasteiger partial charge in [0.1, 0.15) is 18.2 Å². The van der Waals surface area contributed by atoms with Crippen LogP contribution in [0, 0.1) is 0 Å². The molecule has 0 bridgehead atoms. The van der Waals surface area contributed by atoms with Gasteiger partial charge in [-0.15, -0.1) is 10.2 Å². The van der Waals surface area contributed by atoms with Gasteiger partial charge in [0.05, 0.1) is 6.54 Å². The minimum atomic E-state index is -0.0385. The van der Waals surface area contributed by atoms with E-state index in [0.29, 0.717) is 12.4 Å².